The number of carbonyl (C=O) groups is 2. The number of fused-ring (bicyclic) bond motifs is 1. The van der Waals surface area contributed by atoms with Gasteiger partial charge in [0, 0.05) is 13.1 Å². The lowest BCUT2D eigenvalue weighted by Crippen LogP contribution is -2.36. The minimum Gasteiger partial charge on any atom is -0.493 e. The average Bonchev–Trinajstić information content (AvgIpc) is 3.33. The lowest BCUT2D eigenvalue weighted by molar-refractivity contribution is 0.0696. The van der Waals surface area contributed by atoms with E-state index >= 15 is 0 Å². The van der Waals surface area contributed by atoms with Crippen LogP contribution in [0.25, 0.3) is 10.2 Å². The first kappa shape index (κ1) is 22.8. The van der Waals surface area contributed by atoms with Gasteiger partial charge >= 0.3 is 5.97 Å². The van der Waals surface area contributed by atoms with Crippen LogP contribution in [0.2, 0.25) is 0 Å². The van der Waals surface area contributed by atoms with Gasteiger partial charge in [-0.05, 0) is 61.2 Å². The zero-order chi connectivity index (χ0) is 24.2. The molecule has 1 aliphatic rings. The lowest BCUT2D eigenvalue weighted by atomic mass is 9.98. The van der Waals surface area contributed by atoms with E-state index in [0.29, 0.717) is 29.0 Å². The molecule has 1 aliphatic heterocycles. The second-order valence-electron chi connectivity index (χ2n) is 8.42. The standard InChI is InChI=1S/C26H24N4O4S/c31-24(25-29-21-6-1-2-7-22(21)35-25)28-19-8-9-23(27-15-19)30-12-10-17(11-13-30)16-34-20-5-3-4-18(14-20)26(32)33/h1-9,14-15,17H,10-13,16H2,(H,28,31)(H,32,33). The molecule has 5 rings (SSSR count). The van der Waals surface area contributed by atoms with E-state index < -0.39 is 5.97 Å². The van der Waals surface area contributed by atoms with Crippen molar-refractivity contribution >= 4 is 44.9 Å². The summed E-state index contributed by atoms with van der Waals surface area (Å²) in [6.45, 7) is 2.27. The van der Waals surface area contributed by atoms with Crippen molar-refractivity contribution in [3.05, 3.63) is 77.4 Å². The fraction of sp³-hybridized carbons (Fsp3) is 0.231. The number of amides is 1. The zero-order valence-corrected chi connectivity index (χ0v) is 19.7. The number of para-hydroxylation sites is 1. The Morgan fingerprint density at radius 3 is 2.66 bits per heavy atom. The molecule has 178 valence electrons. The Hall–Kier alpha value is -3.98. The average molecular weight is 489 g/mol. The number of ether oxygens (including phenoxy) is 1. The summed E-state index contributed by atoms with van der Waals surface area (Å²) in [6, 6.07) is 18.0. The molecule has 0 atom stereocenters. The first-order valence-electron chi connectivity index (χ1n) is 11.4. The van der Waals surface area contributed by atoms with E-state index in [0.717, 1.165) is 42.0 Å². The van der Waals surface area contributed by atoms with Gasteiger partial charge in [0.15, 0.2) is 5.01 Å². The molecule has 2 aromatic heterocycles. The van der Waals surface area contributed by atoms with E-state index in [1.807, 2.05) is 36.4 Å². The molecule has 0 bridgehead atoms. The topological polar surface area (TPSA) is 105 Å². The van der Waals surface area contributed by atoms with Crippen LogP contribution in [0.15, 0.2) is 66.9 Å². The molecule has 0 radical (unpaired) electrons. The highest BCUT2D eigenvalue weighted by atomic mass is 32.1. The zero-order valence-electron chi connectivity index (χ0n) is 18.9. The van der Waals surface area contributed by atoms with Crippen LogP contribution < -0.4 is 15.0 Å². The number of nitrogens with zero attached hydrogens (tertiary/aromatic N) is 3. The highest BCUT2D eigenvalue weighted by Gasteiger charge is 2.21. The Kier molecular flexibility index (Phi) is 6.58. The van der Waals surface area contributed by atoms with Crippen molar-refractivity contribution < 1.29 is 19.4 Å². The number of hydrogen-bond acceptors (Lipinski definition) is 7. The second kappa shape index (κ2) is 10.1. The van der Waals surface area contributed by atoms with Gasteiger partial charge in [0.2, 0.25) is 0 Å². The number of carboxylic acids is 1. The number of pyridine rings is 1. The highest BCUT2D eigenvalue weighted by molar-refractivity contribution is 7.20. The van der Waals surface area contributed by atoms with Crippen LogP contribution in [0.5, 0.6) is 5.75 Å². The van der Waals surface area contributed by atoms with Gasteiger partial charge in [0.1, 0.15) is 11.6 Å². The van der Waals surface area contributed by atoms with Gasteiger partial charge < -0.3 is 20.1 Å². The van der Waals surface area contributed by atoms with Crippen molar-refractivity contribution in [2.24, 2.45) is 5.92 Å². The number of rotatable bonds is 7. The molecular formula is C26H24N4O4S. The van der Waals surface area contributed by atoms with Gasteiger partial charge in [-0.2, -0.15) is 0 Å². The summed E-state index contributed by atoms with van der Waals surface area (Å²) in [5.41, 5.74) is 1.67. The predicted octanol–water partition coefficient (Wildman–Crippen LogP) is 4.94. The molecule has 2 aromatic carbocycles. The van der Waals surface area contributed by atoms with Crippen LogP contribution in [-0.4, -0.2) is 46.6 Å². The first-order valence-corrected chi connectivity index (χ1v) is 12.2. The smallest absolute Gasteiger partial charge is 0.335 e. The number of carboxylic acid groups (broad SMARTS) is 1. The van der Waals surface area contributed by atoms with Crippen molar-refractivity contribution in [1.82, 2.24) is 9.97 Å². The van der Waals surface area contributed by atoms with Crippen molar-refractivity contribution in [2.75, 3.05) is 29.9 Å². The second-order valence-corrected chi connectivity index (χ2v) is 9.45. The maximum Gasteiger partial charge on any atom is 0.335 e. The van der Waals surface area contributed by atoms with E-state index in [1.165, 1.54) is 11.3 Å². The number of aromatic carboxylic acids is 1. The number of piperidine rings is 1. The van der Waals surface area contributed by atoms with Gasteiger partial charge in [-0.25, -0.2) is 14.8 Å². The minimum atomic E-state index is -0.960. The van der Waals surface area contributed by atoms with E-state index in [1.54, 1.807) is 30.5 Å². The van der Waals surface area contributed by atoms with Crippen LogP contribution in [0.4, 0.5) is 11.5 Å². The summed E-state index contributed by atoms with van der Waals surface area (Å²) >= 11 is 1.37. The number of thiazole rings is 1. The van der Waals surface area contributed by atoms with Crippen LogP contribution in [-0.2, 0) is 0 Å². The quantitative estimate of drug-likeness (QED) is 0.380. The van der Waals surface area contributed by atoms with Crippen LogP contribution in [0, 0.1) is 5.92 Å². The first-order chi connectivity index (χ1) is 17.0. The predicted molar refractivity (Wildman–Crippen MR) is 136 cm³/mol. The summed E-state index contributed by atoms with van der Waals surface area (Å²) in [7, 11) is 0. The molecule has 3 heterocycles. The van der Waals surface area contributed by atoms with Crippen molar-refractivity contribution in [2.45, 2.75) is 12.8 Å². The van der Waals surface area contributed by atoms with Gasteiger partial charge in [0.25, 0.3) is 5.91 Å². The number of anilines is 2. The van der Waals surface area contributed by atoms with Crippen LogP contribution in [0.3, 0.4) is 0 Å². The van der Waals surface area contributed by atoms with Crippen molar-refractivity contribution in [3.63, 3.8) is 0 Å². The minimum absolute atomic E-state index is 0.225. The van der Waals surface area contributed by atoms with E-state index in [-0.39, 0.29) is 11.5 Å². The summed E-state index contributed by atoms with van der Waals surface area (Å²) < 4.78 is 6.82. The van der Waals surface area contributed by atoms with Gasteiger partial charge in [-0.3, -0.25) is 4.79 Å². The molecule has 35 heavy (non-hydrogen) atoms. The van der Waals surface area contributed by atoms with Gasteiger partial charge in [-0.15, -0.1) is 11.3 Å². The van der Waals surface area contributed by atoms with E-state index in [2.05, 4.69) is 20.2 Å². The molecule has 1 fully saturated rings. The Bertz CT molecular complexity index is 1310. The SMILES string of the molecule is O=C(O)c1cccc(OCC2CCN(c3ccc(NC(=O)c4nc5ccccc5s4)cn3)CC2)c1. The molecule has 8 nitrogen and oxygen atoms in total. The van der Waals surface area contributed by atoms with Gasteiger partial charge in [-0.1, -0.05) is 18.2 Å². The molecule has 1 saturated heterocycles. The fourth-order valence-electron chi connectivity index (χ4n) is 4.06. The summed E-state index contributed by atoms with van der Waals surface area (Å²) in [5.74, 6) is 0.648. The molecule has 0 saturated carbocycles. The Labute approximate surface area is 206 Å². The molecule has 0 unspecified atom stereocenters. The summed E-state index contributed by atoms with van der Waals surface area (Å²) in [5, 5.41) is 12.4. The largest absolute Gasteiger partial charge is 0.493 e. The number of hydrogen-bond donors (Lipinski definition) is 2. The van der Waals surface area contributed by atoms with Crippen LogP contribution in [0.1, 0.15) is 33.0 Å². The normalized spacial score (nSPS) is 14.1. The molecule has 1 amide bonds. The van der Waals surface area contributed by atoms with Crippen molar-refractivity contribution in [1.29, 1.82) is 0 Å². The summed E-state index contributed by atoms with van der Waals surface area (Å²) in [6.07, 6.45) is 3.58. The van der Waals surface area contributed by atoms with Crippen LogP contribution >= 0.6 is 11.3 Å². The van der Waals surface area contributed by atoms with Crippen molar-refractivity contribution in [3.8, 4) is 5.75 Å². The third kappa shape index (κ3) is 5.41. The van der Waals surface area contributed by atoms with E-state index in [4.69, 9.17) is 9.84 Å². The third-order valence-electron chi connectivity index (χ3n) is 6.00. The number of nitrogens with one attached hydrogen (secondary N) is 1. The molecule has 2 N–H and O–H groups in total. The molecule has 0 aliphatic carbocycles. The Morgan fingerprint density at radius 1 is 1.09 bits per heavy atom. The monoisotopic (exact) mass is 488 g/mol. The number of aromatic nitrogens is 2. The van der Waals surface area contributed by atoms with E-state index in [9.17, 15) is 9.59 Å². The maximum atomic E-state index is 12.6. The highest BCUT2D eigenvalue weighted by Crippen LogP contribution is 2.25. The number of carbonyl (C=O) groups excluding carboxylic acids is 1. The Morgan fingerprint density at radius 2 is 1.91 bits per heavy atom. The summed E-state index contributed by atoms with van der Waals surface area (Å²) in [4.78, 5) is 34.9. The number of benzene rings is 2. The maximum absolute atomic E-state index is 12.6. The molecule has 4 aromatic rings. The third-order valence-corrected chi connectivity index (χ3v) is 7.03. The molecule has 0 spiro atoms. The Balaban J connectivity index is 1.12. The fourth-order valence-corrected chi connectivity index (χ4v) is 4.92. The van der Waals surface area contributed by atoms with Gasteiger partial charge in [0.05, 0.1) is 34.3 Å². The molecule has 9 heteroatoms. The molecular weight excluding hydrogens is 464 g/mol. The lowest BCUT2D eigenvalue weighted by Gasteiger charge is -2.32.